The van der Waals surface area contributed by atoms with Gasteiger partial charge in [-0.3, -0.25) is 4.79 Å². The quantitative estimate of drug-likeness (QED) is 0.320. The van der Waals surface area contributed by atoms with Crippen LogP contribution in [0.2, 0.25) is 0 Å². The second-order valence-electron chi connectivity index (χ2n) is 7.17. The number of amides is 1. The Kier molecular flexibility index (Phi) is 4.25. The van der Waals surface area contributed by atoms with Crippen molar-refractivity contribution in [1.82, 2.24) is 5.32 Å². The van der Waals surface area contributed by atoms with E-state index in [9.17, 15) is 4.79 Å². The summed E-state index contributed by atoms with van der Waals surface area (Å²) in [5, 5.41) is 15.2. The number of nitrogens with two attached hydrogens (primary N) is 1. The first-order valence-electron chi connectivity index (χ1n) is 7.66. The van der Waals surface area contributed by atoms with Crippen molar-refractivity contribution in [3.8, 4) is 0 Å². The Bertz CT molecular complexity index is 392. The molecule has 0 heterocycles. The van der Waals surface area contributed by atoms with Crippen molar-refractivity contribution >= 4 is 11.7 Å². The van der Waals surface area contributed by atoms with E-state index >= 15 is 0 Å². The summed E-state index contributed by atoms with van der Waals surface area (Å²) in [6, 6.07) is 0.223. The molecule has 20 heavy (non-hydrogen) atoms. The molecule has 0 spiro atoms. The molecule has 1 amide bonds. The first-order chi connectivity index (χ1) is 9.37. The van der Waals surface area contributed by atoms with Crippen LogP contribution in [0.15, 0.2) is 5.16 Å². The molecule has 0 aromatic carbocycles. The summed E-state index contributed by atoms with van der Waals surface area (Å²) >= 11 is 0. The average molecular weight is 281 g/mol. The lowest BCUT2D eigenvalue weighted by Crippen LogP contribution is -2.58. The molecule has 0 aromatic heterocycles. The predicted octanol–water partition coefficient (Wildman–Crippen LogP) is 2.09. The first kappa shape index (κ1) is 15.1. The number of nitrogens with one attached hydrogen (secondary N) is 1. The van der Waals surface area contributed by atoms with Gasteiger partial charge in [-0.2, -0.15) is 0 Å². The van der Waals surface area contributed by atoms with Gasteiger partial charge in [0.05, 0.1) is 0 Å². The summed E-state index contributed by atoms with van der Waals surface area (Å²) in [5.74, 6) is 1.74. The molecule has 2 rings (SSSR count). The topological polar surface area (TPSA) is 87.7 Å². The van der Waals surface area contributed by atoms with E-state index in [-0.39, 0.29) is 17.8 Å². The van der Waals surface area contributed by atoms with Gasteiger partial charge >= 0.3 is 0 Å². The zero-order valence-corrected chi connectivity index (χ0v) is 12.7. The molecule has 2 atom stereocenters. The molecule has 2 aliphatic rings. The third-order valence-corrected chi connectivity index (χ3v) is 4.94. The molecule has 4 N–H and O–H groups in total. The van der Waals surface area contributed by atoms with E-state index in [1.165, 1.54) is 6.42 Å². The van der Waals surface area contributed by atoms with Gasteiger partial charge in [-0.25, -0.2) is 0 Å². The standard InChI is InChI=1S/C15H27N3O2/c1-9-4-10(2)6-12(5-9)17-14(19)15(13(16)18-20)7-11(3)8-15/h9-12,20H,4-8H2,1-3H3,(H2,16,18)(H,17,19). The highest BCUT2D eigenvalue weighted by molar-refractivity contribution is 6.07. The van der Waals surface area contributed by atoms with Crippen LogP contribution >= 0.6 is 0 Å². The van der Waals surface area contributed by atoms with Gasteiger partial charge in [-0.05, 0) is 49.9 Å². The Morgan fingerprint density at radius 2 is 1.70 bits per heavy atom. The molecule has 0 aliphatic heterocycles. The highest BCUT2D eigenvalue weighted by Gasteiger charge is 2.52. The number of carbonyl (C=O) groups is 1. The maximum absolute atomic E-state index is 12.6. The Balaban J connectivity index is 2.03. The number of oxime groups is 1. The van der Waals surface area contributed by atoms with Crippen LogP contribution < -0.4 is 11.1 Å². The molecule has 114 valence electrons. The minimum atomic E-state index is -0.780. The highest BCUT2D eigenvalue weighted by Crippen LogP contribution is 2.46. The van der Waals surface area contributed by atoms with Gasteiger partial charge in [-0.1, -0.05) is 25.9 Å². The summed E-state index contributed by atoms with van der Waals surface area (Å²) in [6.45, 7) is 6.56. The second kappa shape index (κ2) is 5.62. The maximum atomic E-state index is 12.6. The SMILES string of the molecule is CC1CC(C)CC(NC(=O)C2(C(N)=NO)CC(C)C2)C1. The molecule has 5 nitrogen and oxygen atoms in total. The lowest BCUT2D eigenvalue weighted by atomic mass is 9.61. The molecular formula is C15H27N3O2. The molecule has 0 bridgehead atoms. The number of amidine groups is 1. The van der Waals surface area contributed by atoms with E-state index in [1.807, 2.05) is 0 Å². The fourth-order valence-electron chi connectivity index (χ4n) is 4.12. The van der Waals surface area contributed by atoms with E-state index in [2.05, 4.69) is 31.2 Å². The molecule has 2 aliphatic carbocycles. The zero-order chi connectivity index (χ0) is 14.9. The van der Waals surface area contributed by atoms with Crippen LogP contribution in [0.5, 0.6) is 0 Å². The number of rotatable bonds is 3. The van der Waals surface area contributed by atoms with Gasteiger partial charge in [0.15, 0.2) is 5.84 Å². The predicted molar refractivity (Wildman–Crippen MR) is 78.3 cm³/mol. The van der Waals surface area contributed by atoms with Gasteiger partial charge in [0, 0.05) is 6.04 Å². The Hall–Kier alpha value is -1.26. The van der Waals surface area contributed by atoms with Crippen LogP contribution in [0, 0.1) is 23.2 Å². The fourth-order valence-corrected chi connectivity index (χ4v) is 4.12. The van der Waals surface area contributed by atoms with Gasteiger partial charge in [0.1, 0.15) is 5.41 Å². The van der Waals surface area contributed by atoms with Crippen LogP contribution in [-0.4, -0.2) is 23.0 Å². The van der Waals surface area contributed by atoms with Crippen molar-refractivity contribution in [3.05, 3.63) is 0 Å². The van der Waals surface area contributed by atoms with Crippen LogP contribution in [0.3, 0.4) is 0 Å². The van der Waals surface area contributed by atoms with Crippen molar-refractivity contribution in [2.75, 3.05) is 0 Å². The summed E-state index contributed by atoms with van der Waals surface area (Å²) in [4.78, 5) is 12.6. The van der Waals surface area contributed by atoms with Crippen LogP contribution in [0.4, 0.5) is 0 Å². The van der Waals surface area contributed by atoms with E-state index in [4.69, 9.17) is 10.9 Å². The van der Waals surface area contributed by atoms with Crippen LogP contribution in [0.1, 0.15) is 52.9 Å². The minimum Gasteiger partial charge on any atom is -0.409 e. The molecule has 0 aromatic rings. The van der Waals surface area contributed by atoms with Crippen molar-refractivity contribution in [2.45, 2.75) is 58.9 Å². The van der Waals surface area contributed by atoms with Crippen molar-refractivity contribution in [2.24, 2.45) is 34.1 Å². The average Bonchev–Trinajstić information content (AvgIpc) is 2.32. The number of hydrogen-bond acceptors (Lipinski definition) is 3. The summed E-state index contributed by atoms with van der Waals surface area (Å²) in [7, 11) is 0. The van der Waals surface area contributed by atoms with Crippen molar-refractivity contribution in [3.63, 3.8) is 0 Å². The number of nitrogens with zero attached hydrogens (tertiary/aromatic N) is 1. The molecule has 0 radical (unpaired) electrons. The monoisotopic (exact) mass is 281 g/mol. The van der Waals surface area contributed by atoms with Gasteiger partial charge in [0.2, 0.25) is 5.91 Å². The molecule has 2 fully saturated rings. The number of hydrogen-bond donors (Lipinski definition) is 3. The largest absolute Gasteiger partial charge is 0.409 e. The smallest absolute Gasteiger partial charge is 0.234 e. The Labute approximate surface area is 121 Å². The Morgan fingerprint density at radius 1 is 1.15 bits per heavy atom. The minimum absolute atomic E-state index is 0.0581. The maximum Gasteiger partial charge on any atom is 0.234 e. The highest BCUT2D eigenvalue weighted by atomic mass is 16.4. The lowest BCUT2D eigenvalue weighted by Gasteiger charge is -2.45. The third kappa shape index (κ3) is 2.76. The van der Waals surface area contributed by atoms with E-state index < -0.39 is 5.41 Å². The number of carbonyl (C=O) groups excluding carboxylic acids is 1. The van der Waals surface area contributed by atoms with Gasteiger partial charge in [-0.15, -0.1) is 0 Å². The molecule has 5 heteroatoms. The van der Waals surface area contributed by atoms with Crippen LogP contribution in [0.25, 0.3) is 0 Å². The molecule has 2 saturated carbocycles. The lowest BCUT2D eigenvalue weighted by molar-refractivity contribution is -0.134. The summed E-state index contributed by atoms with van der Waals surface area (Å²) < 4.78 is 0. The van der Waals surface area contributed by atoms with E-state index in [1.54, 1.807) is 0 Å². The van der Waals surface area contributed by atoms with Crippen molar-refractivity contribution < 1.29 is 10.0 Å². The summed E-state index contributed by atoms with van der Waals surface area (Å²) in [5.41, 5.74) is 5.00. The molecular weight excluding hydrogens is 254 g/mol. The Morgan fingerprint density at radius 3 is 2.15 bits per heavy atom. The first-order valence-corrected chi connectivity index (χ1v) is 7.66. The normalized spacial score (nSPS) is 41.9. The van der Waals surface area contributed by atoms with E-state index in [0.717, 1.165) is 12.8 Å². The van der Waals surface area contributed by atoms with E-state index in [0.29, 0.717) is 30.6 Å². The second-order valence-corrected chi connectivity index (χ2v) is 7.17. The van der Waals surface area contributed by atoms with Gasteiger partial charge in [0.25, 0.3) is 0 Å². The third-order valence-electron chi connectivity index (χ3n) is 4.94. The fraction of sp³-hybridized carbons (Fsp3) is 0.867. The molecule has 0 saturated heterocycles. The van der Waals surface area contributed by atoms with Crippen LogP contribution in [-0.2, 0) is 4.79 Å². The summed E-state index contributed by atoms with van der Waals surface area (Å²) in [6.07, 6.45) is 4.63. The zero-order valence-electron chi connectivity index (χ0n) is 12.7. The van der Waals surface area contributed by atoms with Crippen molar-refractivity contribution in [1.29, 1.82) is 0 Å². The molecule has 2 unspecified atom stereocenters. The van der Waals surface area contributed by atoms with Gasteiger partial charge < -0.3 is 16.3 Å².